The lowest BCUT2D eigenvalue weighted by molar-refractivity contribution is -0.141. The number of ether oxygens (including phenoxy) is 1. The zero-order valence-electron chi connectivity index (χ0n) is 12.0. The summed E-state index contributed by atoms with van der Waals surface area (Å²) in [7, 11) is 0. The van der Waals surface area contributed by atoms with Crippen LogP contribution in [0.25, 0.3) is 11.3 Å². The molecule has 0 unspecified atom stereocenters. The van der Waals surface area contributed by atoms with Crippen LogP contribution in [0.2, 0.25) is 0 Å². The van der Waals surface area contributed by atoms with Gasteiger partial charge in [-0.15, -0.1) is 0 Å². The van der Waals surface area contributed by atoms with Crippen molar-refractivity contribution < 1.29 is 17.9 Å². The highest BCUT2D eigenvalue weighted by Crippen LogP contribution is 2.30. The zero-order valence-corrected chi connectivity index (χ0v) is 12.0. The van der Waals surface area contributed by atoms with E-state index < -0.39 is 11.9 Å². The van der Waals surface area contributed by atoms with Gasteiger partial charge in [0.1, 0.15) is 17.0 Å². The molecular formula is C16H16F3NO. The fraction of sp³-hybridized carbons (Fsp3) is 0.312. The lowest BCUT2D eigenvalue weighted by Gasteiger charge is -2.21. The molecular weight excluding hydrogens is 279 g/mol. The Morgan fingerprint density at radius 3 is 2.05 bits per heavy atom. The average molecular weight is 295 g/mol. The van der Waals surface area contributed by atoms with Crippen LogP contribution < -0.4 is 4.74 Å². The van der Waals surface area contributed by atoms with Crippen LogP contribution in [0.1, 0.15) is 26.5 Å². The molecule has 0 saturated heterocycles. The van der Waals surface area contributed by atoms with E-state index in [0.29, 0.717) is 11.3 Å². The molecule has 1 aromatic carbocycles. The van der Waals surface area contributed by atoms with E-state index in [-0.39, 0.29) is 11.3 Å². The van der Waals surface area contributed by atoms with Crippen LogP contribution in [0.4, 0.5) is 13.2 Å². The molecule has 0 aliphatic rings. The van der Waals surface area contributed by atoms with E-state index >= 15 is 0 Å². The van der Waals surface area contributed by atoms with E-state index in [2.05, 4.69) is 4.98 Å². The van der Waals surface area contributed by atoms with Crippen molar-refractivity contribution in [2.75, 3.05) is 0 Å². The molecule has 2 aromatic rings. The lowest BCUT2D eigenvalue weighted by atomic mass is 10.1. The summed E-state index contributed by atoms with van der Waals surface area (Å²) < 4.78 is 43.6. The minimum absolute atomic E-state index is 0.284. The summed E-state index contributed by atoms with van der Waals surface area (Å²) in [6.07, 6.45) is -4.44. The van der Waals surface area contributed by atoms with Crippen LogP contribution in [0.15, 0.2) is 42.5 Å². The fourth-order valence-corrected chi connectivity index (χ4v) is 1.80. The largest absolute Gasteiger partial charge is 0.488 e. The number of halogens is 3. The van der Waals surface area contributed by atoms with Gasteiger partial charge >= 0.3 is 6.18 Å². The number of pyridine rings is 1. The fourth-order valence-electron chi connectivity index (χ4n) is 1.80. The average Bonchev–Trinajstić information content (AvgIpc) is 2.37. The highest BCUT2D eigenvalue weighted by atomic mass is 19.4. The first-order valence-corrected chi connectivity index (χ1v) is 6.49. The van der Waals surface area contributed by atoms with Crippen molar-refractivity contribution in [2.45, 2.75) is 32.5 Å². The van der Waals surface area contributed by atoms with Crippen molar-refractivity contribution in [2.24, 2.45) is 0 Å². The highest BCUT2D eigenvalue weighted by Gasteiger charge is 2.32. The van der Waals surface area contributed by atoms with Gasteiger partial charge in [-0.1, -0.05) is 6.07 Å². The molecule has 0 radical (unpaired) electrons. The summed E-state index contributed by atoms with van der Waals surface area (Å²) in [5.74, 6) is 0.665. The second-order valence-corrected chi connectivity index (χ2v) is 5.64. The topological polar surface area (TPSA) is 22.1 Å². The molecule has 1 heterocycles. The molecule has 112 valence electrons. The van der Waals surface area contributed by atoms with Crippen LogP contribution in [0.5, 0.6) is 5.75 Å². The van der Waals surface area contributed by atoms with Crippen LogP contribution in [-0.2, 0) is 6.18 Å². The molecule has 0 saturated carbocycles. The molecule has 2 nitrogen and oxygen atoms in total. The number of rotatable bonds is 2. The molecule has 0 atom stereocenters. The molecule has 0 amide bonds. The predicted molar refractivity (Wildman–Crippen MR) is 75.1 cm³/mol. The van der Waals surface area contributed by atoms with Gasteiger partial charge in [0.15, 0.2) is 0 Å². The molecule has 0 spiro atoms. The number of hydrogen-bond donors (Lipinski definition) is 0. The van der Waals surface area contributed by atoms with Crippen molar-refractivity contribution in [1.82, 2.24) is 4.98 Å². The van der Waals surface area contributed by atoms with Crippen LogP contribution >= 0.6 is 0 Å². The van der Waals surface area contributed by atoms with Crippen LogP contribution in [0, 0.1) is 0 Å². The minimum atomic E-state index is -4.44. The maximum Gasteiger partial charge on any atom is 0.433 e. The molecule has 0 aliphatic carbocycles. The number of nitrogens with zero attached hydrogens (tertiary/aromatic N) is 1. The minimum Gasteiger partial charge on any atom is -0.488 e. The summed E-state index contributed by atoms with van der Waals surface area (Å²) in [5, 5.41) is 0. The van der Waals surface area contributed by atoms with Crippen molar-refractivity contribution in [3.8, 4) is 17.0 Å². The first-order chi connectivity index (χ1) is 9.65. The smallest absolute Gasteiger partial charge is 0.433 e. The molecule has 2 rings (SSSR count). The molecule has 0 aliphatic heterocycles. The highest BCUT2D eigenvalue weighted by molar-refractivity contribution is 5.60. The second-order valence-electron chi connectivity index (χ2n) is 5.64. The molecule has 21 heavy (non-hydrogen) atoms. The Morgan fingerprint density at radius 2 is 1.52 bits per heavy atom. The summed E-state index contributed by atoms with van der Waals surface area (Å²) in [6.45, 7) is 5.78. The molecule has 0 bridgehead atoms. The van der Waals surface area contributed by atoms with E-state index in [0.717, 1.165) is 6.07 Å². The standard InChI is InChI=1S/C16H16F3NO/c1-15(2,3)21-12-9-7-11(8-10-12)13-5-4-6-14(20-13)16(17,18)19/h4-10H,1-3H3. The maximum absolute atomic E-state index is 12.7. The van der Waals surface area contributed by atoms with E-state index in [4.69, 9.17) is 4.74 Å². The molecule has 0 fully saturated rings. The third-order valence-corrected chi connectivity index (χ3v) is 2.61. The Labute approximate surface area is 121 Å². The second kappa shape index (κ2) is 5.39. The molecule has 5 heteroatoms. The first kappa shape index (κ1) is 15.4. The van der Waals surface area contributed by atoms with Crippen LogP contribution in [0.3, 0.4) is 0 Å². The van der Waals surface area contributed by atoms with Gasteiger partial charge in [-0.2, -0.15) is 13.2 Å². The maximum atomic E-state index is 12.7. The Balaban J connectivity index is 2.27. The van der Waals surface area contributed by atoms with E-state index in [1.807, 2.05) is 20.8 Å². The zero-order chi connectivity index (χ0) is 15.7. The van der Waals surface area contributed by atoms with E-state index in [1.54, 1.807) is 30.3 Å². The quantitative estimate of drug-likeness (QED) is 0.782. The van der Waals surface area contributed by atoms with Crippen molar-refractivity contribution in [3.63, 3.8) is 0 Å². The van der Waals surface area contributed by atoms with Gasteiger partial charge in [0.25, 0.3) is 0 Å². The van der Waals surface area contributed by atoms with Crippen LogP contribution in [-0.4, -0.2) is 10.6 Å². The van der Waals surface area contributed by atoms with Gasteiger partial charge in [-0.3, -0.25) is 0 Å². The monoisotopic (exact) mass is 295 g/mol. The van der Waals surface area contributed by atoms with Gasteiger partial charge in [-0.25, -0.2) is 4.98 Å². The Hall–Kier alpha value is -2.04. The summed E-state index contributed by atoms with van der Waals surface area (Å²) in [6, 6.07) is 10.7. The van der Waals surface area contributed by atoms with Crippen molar-refractivity contribution in [1.29, 1.82) is 0 Å². The molecule has 0 N–H and O–H groups in total. The Morgan fingerprint density at radius 1 is 0.905 bits per heavy atom. The number of benzene rings is 1. The van der Waals surface area contributed by atoms with E-state index in [1.165, 1.54) is 6.07 Å². The molecule has 1 aromatic heterocycles. The Kier molecular flexibility index (Phi) is 3.94. The number of hydrogen-bond acceptors (Lipinski definition) is 2. The van der Waals surface area contributed by atoms with Gasteiger partial charge in [0, 0.05) is 5.56 Å². The Bertz CT molecular complexity index is 613. The summed E-state index contributed by atoms with van der Waals surface area (Å²) in [4.78, 5) is 3.65. The van der Waals surface area contributed by atoms with Gasteiger partial charge in [0.05, 0.1) is 5.69 Å². The third-order valence-electron chi connectivity index (χ3n) is 2.61. The predicted octanol–water partition coefficient (Wildman–Crippen LogP) is 4.94. The number of alkyl halides is 3. The summed E-state index contributed by atoms with van der Waals surface area (Å²) >= 11 is 0. The number of aromatic nitrogens is 1. The normalized spacial score (nSPS) is 12.3. The van der Waals surface area contributed by atoms with Gasteiger partial charge in [-0.05, 0) is 57.2 Å². The van der Waals surface area contributed by atoms with Crippen molar-refractivity contribution >= 4 is 0 Å². The first-order valence-electron chi connectivity index (χ1n) is 6.49. The van der Waals surface area contributed by atoms with Gasteiger partial charge in [0.2, 0.25) is 0 Å². The third kappa shape index (κ3) is 4.21. The summed E-state index contributed by atoms with van der Waals surface area (Å²) in [5.41, 5.74) is -0.319. The van der Waals surface area contributed by atoms with Gasteiger partial charge < -0.3 is 4.74 Å². The van der Waals surface area contributed by atoms with Crippen molar-refractivity contribution in [3.05, 3.63) is 48.2 Å². The lowest BCUT2D eigenvalue weighted by Crippen LogP contribution is -2.22. The van der Waals surface area contributed by atoms with E-state index in [9.17, 15) is 13.2 Å². The SMILES string of the molecule is CC(C)(C)Oc1ccc(-c2cccc(C(F)(F)F)n2)cc1.